The van der Waals surface area contributed by atoms with Crippen molar-refractivity contribution in [1.29, 1.82) is 0 Å². The minimum Gasteiger partial charge on any atom is -0.402 e. The Morgan fingerprint density at radius 3 is 3.13 bits per heavy atom. The van der Waals surface area contributed by atoms with Crippen LogP contribution in [0.5, 0.6) is 0 Å². The molecule has 156 valence electrons. The molecule has 0 unspecified atom stereocenters. The molecule has 0 saturated heterocycles. The van der Waals surface area contributed by atoms with Gasteiger partial charge in [0.1, 0.15) is 11.7 Å². The summed E-state index contributed by atoms with van der Waals surface area (Å²) in [4.78, 5) is 14.1. The lowest BCUT2D eigenvalue weighted by atomic mass is 10.0. The molecule has 0 fully saturated rings. The zero-order valence-electron chi connectivity index (χ0n) is 16.7. The summed E-state index contributed by atoms with van der Waals surface area (Å²) in [7, 11) is 0. The van der Waals surface area contributed by atoms with Crippen LogP contribution in [0.3, 0.4) is 0 Å². The summed E-state index contributed by atoms with van der Waals surface area (Å²) >= 11 is 6.37. The quantitative estimate of drug-likeness (QED) is 0.478. The zero-order valence-corrected chi connectivity index (χ0v) is 17.5. The Labute approximate surface area is 182 Å². The van der Waals surface area contributed by atoms with Crippen LogP contribution in [0, 0.1) is 0 Å². The fraction of sp³-hybridized carbons (Fsp3) is 0.190. The summed E-state index contributed by atoms with van der Waals surface area (Å²) in [6.07, 6.45) is 9.31. The van der Waals surface area contributed by atoms with Crippen LogP contribution in [-0.2, 0) is 6.42 Å². The number of imidazole rings is 1. The lowest BCUT2D eigenvalue weighted by Gasteiger charge is -2.32. The highest BCUT2D eigenvalue weighted by Gasteiger charge is 2.36. The van der Waals surface area contributed by atoms with E-state index in [1.54, 1.807) is 29.2 Å². The molecule has 0 spiro atoms. The number of anilines is 1. The molecule has 4 aromatic rings. The fourth-order valence-corrected chi connectivity index (χ4v) is 3.95. The number of aromatic amines is 1. The van der Waals surface area contributed by atoms with Gasteiger partial charge in [-0.3, -0.25) is 4.99 Å². The fourth-order valence-electron chi connectivity index (χ4n) is 3.74. The Bertz CT molecular complexity index is 1310. The Morgan fingerprint density at radius 2 is 2.32 bits per heavy atom. The molecule has 1 aliphatic rings. The van der Waals surface area contributed by atoms with Crippen LogP contribution in [0.1, 0.15) is 35.9 Å². The lowest BCUT2D eigenvalue weighted by Crippen LogP contribution is -2.36. The number of hydrogen-bond acceptors (Lipinski definition) is 7. The van der Waals surface area contributed by atoms with Crippen LogP contribution < -0.4 is 4.90 Å². The van der Waals surface area contributed by atoms with E-state index in [4.69, 9.17) is 21.1 Å². The highest BCUT2D eigenvalue weighted by Crippen LogP contribution is 2.37. The van der Waals surface area contributed by atoms with E-state index in [0.717, 1.165) is 29.0 Å². The van der Waals surface area contributed by atoms with Crippen LogP contribution >= 0.6 is 11.6 Å². The highest BCUT2D eigenvalue weighted by molar-refractivity contribution is 6.33. The van der Waals surface area contributed by atoms with E-state index >= 15 is 0 Å². The molecule has 0 aromatic carbocycles. The van der Waals surface area contributed by atoms with E-state index in [-0.39, 0.29) is 6.04 Å². The number of aromatic nitrogens is 6. The predicted molar refractivity (Wildman–Crippen MR) is 118 cm³/mol. The van der Waals surface area contributed by atoms with Gasteiger partial charge in [0.15, 0.2) is 0 Å². The van der Waals surface area contributed by atoms with E-state index in [1.165, 1.54) is 0 Å². The van der Waals surface area contributed by atoms with E-state index < -0.39 is 0 Å². The maximum Gasteiger partial charge on any atom is 0.319 e. The van der Waals surface area contributed by atoms with Gasteiger partial charge in [-0.25, -0.2) is 9.50 Å². The second-order valence-electron chi connectivity index (χ2n) is 6.94. The smallest absolute Gasteiger partial charge is 0.319 e. The van der Waals surface area contributed by atoms with Crippen LogP contribution in [-0.4, -0.2) is 42.5 Å². The number of hydrogen-bond donors (Lipinski definition) is 1. The van der Waals surface area contributed by atoms with E-state index in [2.05, 4.69) is 31.7 Å². The van der Waals surface area contributed by atoms with Crippen molar-refractivity contribution in [3.8, 4) is 0 Å². The molecule has 5 rings (SSSR count). The third-order valence-corrected chi connectivity index (χ3v) is 5.47. The number of allylic oxidation sites excluding steroid dienone is 2. The van der Waals surface area contributed by atoms with Gasteiger partial charge >= 0.3 is 6.01 Å². The van der Waals surface area contributed by atoms with Crippen LogP contribution in [0.4, 0.5) is 6.01 Å². The molecule has 31 heavy (non-hydrogen) atoms. The Balaban J connectivity index is 1.59. The molecule has 0 saturated carbocycles. The topological polar surface area (TPSA) is 100 Å². The van der Waals surface area contributed by atoms with Gasteiger partial charge in [-0.05, 0) is 25.1 Å². The largest absolute Gasteiger partial charge is 0.402 e. The van der Waals surface area contributed by atoms with Gasteiger partial charge in [-0.1, -0.05) is 35.4 Å². The molecule has 0 radical (unpaired) electrons. The average Bonchev–Trinajstić information content (AvgIpc) is 3.53. The Morgan fingerprint density at radius 1 is 1.42 bits per heavy atom. The van der Waals surface area contributed by atoms with Crippen molar-refractivity contribution < 1.29 is 4.42 Å². The minimum absolute atomic E-state index is 0.301. The number of nitrogens with one attached hydrogen (secondary N) is 1. The molecular formula is C21H19ClN8O. The van der Waals surface area contributed by atoms with Gasteiger partial charge in [0.05, 0.1) is 28.3 Å². The van der Waals surface area contributed by atoms with Crippen LogP contribution in [0.2, 0.25) is 5.02 Å². The van der Waals surface area contributed by atoms with E-state index in [9.17, 15) is 0 Å². The summed E-state index contributed by atoms with van der Waals surface area (Å²) in [5.41, 5.74) is 4.13. The van der Waals surface area contributed by atoms with Gasteiger partial charge in [-0.15, -0.1) is 5.10 Å². The summed E-state index contributed by atoms with van der Waals surface area (Å²) in [6.45, 7) is 6.16. The second-order valence-corrected chi connectivity index (χ2v) is 7.35. The number of aliphatic imine (C=N–C) groups is 1. The Kier molecular flexibility index (Phi) is 4.87. The maximum absolute atomic E-state index is 6.37. The van der Waals surface area contributed by atoms with Crippen molar-refractivity contribution in [3.05, 3.63) is 77.4 Å². The summed E-state index contributed by atoms with van der Waals surface area (Å²) in [5, 5.41) is 13.9. The van der Waals surface area contributed by atoms with Crippen molar-refractivity contribution >= 4 is 35.0 Å². The van der Waals surface area contributed by atoms with Gasteiger partial charge in [0.2, 0.25) is 0 Å². The lowest BCUT2D eigenvalue weighted by molar-refractivity contribution is 0.487. The normalized spacial score (nSPS) is 16.9. The van der Waals surface area contributed by atoms with Crippen molar-refractivity contribution in [2.24, 2.45) is 4.99 Å². The molecule has 10 heteroatoms. The first-order chi connectivity index (χ1) is 15.2. The van der Waals surface area contributed by atoms with Crippen molar-refractivity contribution in [2.45, 2.75) is 19.4 Å². The number of pyridine rings is 1. The average molecular weight is 435 g/mol. The van der Waals surface area contributed by atoms with Crippen molar-refractivity contribution in [2.75, 3.05) is 11.4 Å². The number of nitrogens with zero attached hydrogens (tertiary/aromatic N) is 7. The molecule has 4 aromatic heterocycles. The standard InChI is InChI=1S/C21H19ClN8O/c1-3-8-23-14(4-2)20-26-27-21(31-20)29-10-7-15-18(25-12-24-15)19(29)16-11-17-13(22)6-5-9-30(17)28-16/h3-6,8-9,11-12,19H,1,7,10H2,2H3,(H,24,25)/b14-4-,23-8?/t19-/m1/s1. The van der Waals surface area contributed by atoms with Crippen molar-refractivity contribution in [3.63, 3.8) is 0 Å². The summed E-state index contributed by atoms with van der Waals surface area (Å²) in [6, 6.07) is 5.74. The number of fused-ring (bicyclic) bond motifs is 2. The van der Waals surface area contributed by atoms with Gasteiger partial charge in [0, 0.05) is 31.1 Å². The second kappa shape index (κ2) is 7.84. The predicted octanol–water partition coefficient (Wildman–Crippen LogP) is 3.86. The molecule has 5 heterocycles. The third kappa shape index (κ3) is 3.32. The number of H-pyrrole nitrogens is 1. The Hall–Kier alpha value is -3.72. The van der Waals surface area contributed by atoms with Crippen LogP contribution in [0.15, 0.2) is 58.9 Å². The summed E-state index contributed by atoms with van der Waals surface area (Å²) < 4.78 is 7.76. The first-order valence-electron chi connectivity index (χ1n) is 9.77. The van der Waals surface area contributed by atoms with Crippen LogP contribution in [0.25, 0.3) is 11.2 Å². The monoisotopic (exact) mass is 434 g/mol. The molecule has 1 atom stereocenters. The molecular weight excluding hydrogens is 416 g/mol. The SMILES string of the molecule is C=CC=N/C(=C\C)c1nnc(N2CCc3[nH]cnc3[C@H]2c2cc3c(Cl)cccn3n2)o1. The minimum atomic E-state index is -0.301. The van der Waals surface area contributed by atoms with Gasteiger partial charge in [0.25, 0.3) is 5.89 Å². The number of rotatable bonds is 5. The first-order valence-corrected chi connectivity index (χ1v) is 10.1. The molecule has 1 N–H and O–H groups in total. The molecule has 1 aliphatic heterocycles. The molecule has 0 aliphatic carbocycles. The number of halogens is 1. The third-order valence-electron chi connectivity index (χ3n) is 5.15. The van der Waals surface area contributed by atoms with Crippen molar-refractivity contribution in [1.82, 2.24) is 29.8 Å². The first kappa shape index (κ1) is 19.3. The van der Waals surface area contributed by atoms with E-state index in [0.29, 0.717) is 29.2 Å². The molecule has 0 bridgehead atoms. The van der Waals surface area contributed by atoms with Gasteiger partial charge < -0.3 is 14.3 Å². The van der Waals surface area contributed by atoms with E-state index in [1.807, 2.05) is 36.2 Å². The van der Waals surface area contributed by atoms with Gasteiger partial charge in [-0.2, -0.15) is 5.10 Å². The molecule has 0 amide bonds. The summed E-state index contributed by atoms with van der Waals surface area (Å²) in [5.74, 6) is 0.334. The maximum atomic E-state index is 6.37. The highest BCUT2D eigenvalue weighted by atomic mass is 35.5. The molecule has 9 nitrogen and oxygen atoms in total. The zero-order chi connectivity index (χ0) is 21.4.